The fourth-order valence-corrected chi connectivity index (χ4v) is 3.50. The third-order valence-electron chi connectivity index (χ3n) is 3.44. The first-order valence-electron chi connectivity index (χ1n) is 6.39. The van der Waals surface area contributed by atoms with Gasteiger partial charge in [-0.1, -0.05) is 18.2 Å². The molecular formula is C15H15NO3S. The van der Waals surface area contributed by atoms with Crippen LogP contribution in [0.1, 0.15) is 5.56 Å². The molecule has 0 aliphatic carbocycles. The van der Waals surface area contributed by atoms with Gasteiger partial charge in [0, 0.05) is 13.5 Å². The number of rotatable bonds is 3. The topological polar surface area (TPSA) is 46.6 Å². The van der Waals surface area contributed by atoms with E-state index in [1.807, 2.05) is 18.2 Å². The van der Waals surface area contributed by atoms with Crippen molar-refractivity contribution in [2.45, 2.75) is 11.3 Å². The van der Waals surface area contributed by atoms with E-state index in [2.05, 4.69) is 0 Å². The van der Waals surface area contributed by atoms with Gasteiger partial charge in [-0.15, -0.1) is 0 Å². The third-order valence-corrected chi connectivity index (χ3v) is 5.22. The van der Waals surface area contributed by atoms with Gasteiger partial charge < -0.3 is 4.74 Å². The fourth-order valence-electron chi connectivity index (χ4n) is 2.26. The number of benzene rings is 2. The van der Waals surface area contributed by atoms with Crippen LogP contribution in [-0.4, -0.2) is 22.1 Å². The zero-order chi connectivity index (χ0) is 14.2. The Balaban J connectivity index is 2.00. The largest absolute Gasteiger partial charge is 0.493 e. The number of anilines is 1. The van der Waals surface area contributed by atoms with Crippen molar-refractivity contribution in [2.75, 3.05) is 18.0 Å². The van der Waals surface area contributed by atoms with Crippen LogP contribution < -0.4 is 9.04 Å². The number of hydrogen-bond donors (Lipinski definition) is 0. The highest BCUT2D eigenvalue weighted by atomic mass is 32.2. The maximum Gasteiger partial charge on any atom is 0.264 e. The molecule has 3 rings (SSSR count). The van der Waals surface area contributed by atoms with Crippen molar-refractivity contribution in [3.8, 4) is 5.75 Å². The normalized spacial score (nSPS) is 13.7. The minimum Gasteiger partial charge on any atom is -0.493 e. The maximum atomic E-state index is 12.6. The minimum absolute atomic E-state index is 0.299. The van der Waals surface area contributed by atoms with Crippen LogP contribution in [0, 0.1) is 0 Å². The van der Waals surface area contributed by atoms with E-state index in [0.29, 0.717) is 17.2 Å². The van der Waals surface area contributed by atoms with Gasteiger partial charge in [-0.05, 0) is 35.9 Å². The predicted octanol–water partition coefficient (Wildman–Crippen LogP) is 2.45. The van der Waals surface area contributed by atoms with E-state index >= 15 is 0 Å². The smallest absolute Gasteiger partial charge is 0.264 e. The van der Waals surface area contributed by atoms with Crippen molar-refractivity contribution >= 4 is 15.7 Å². The second-order valence-electron chi connectivity index (χ2n) is 4.68. The van der Waals surface area contributed by atoms with Gasteiger partial charge in [0.15, 0.2) is 0 Å². The summed E-state index contributed by atoms with van der Waals surface area (Å²) in [5.41, 5.74) is 1.59. The molecule has 0 radical (unpaired) electrons. The summed E-state index contributed by atoms with van der Waals surface area (Å²) < 4.78 is 31.9. The van der Waals surface area contributed by atoms with E-state index in [1.165, 1.54) is 4.31 Å². The number of nitrogens with zero attached hydrogens (tertiary/aromatic N) is 1. The Morgan fingerprint density at radius 3 is 2.60 bits per heavy atom. The van der Waals surface area contributed by atoms with Gasteiger partial charge in [-0.3, -0.25) is 4.31 Å². The number of ether oxygens (including phenoxy) is 1. The maximum absolute atomic E-state index is 12.6. The standard InChI is InChI=1S/C15H15NO3S/c1-16(13-5-3-2-4-6-13)20(17,18)14-7-8-15-12(11-14)9-10-19-15/h2-8,11H,9-10H2,1H3. The third kappa shape index (κ3) is 2.14. The number of fused-ring (bicyclic) bond motifs is 1. The summed E-state index contributed by atoms with van der Waals surface area (Å²) in [6, 6.07) is 14.1. The Morgan fingerprint density at radius 2 is 1.85 bits per heavy atom. The lowest BCUT2D eigenvalue weighted by Crippen LogP contribution is -2.26. The van der Waals surface area contributed by atoms with E-state index in [-0.39, 0.29) is 0 Å². The van der Waals surface area contributed by atoms with Gasteiger partial charge >= 0.3 is 0 Å². The average Bonchev–Trinajstić information content (AvgIpc) is 2.94. The highest BCUT2D eigenvalue weighted by Crippen LogP contribution is 2.29. The van der Waals surface area contributed by atoms with Gasteiger partial charge in [0.05, 0.1) is 17.2 Å². The second kappa shape index (κ2) is 4.83. The molecule has 104 valence electrons. The van der Waals surface area contributed by atoms with Crippen LogP contribution in [-0.2, 0) is 16.4 Å². The van der Waals surface area contributed by atoms with Crippen LogP contribution in [0.2, 0.25) is 0 Å². The Hall–Kier alpha value is -2.01. The van der Waals surface area contributed by atoms with Crippen LogP contribution in [0.15, 0.2) is 53.4 Å². The molecule has 20 heavy (non-hydrogen) atoms. The van der Waals surface area contributed by atoms with Crippen molar-refractivity contribution in [2.24, 2.45) is 0 Å². The summed E-state index contributed by atoms with van der Waals surface area (Å²) in [5.74, 6) is 0.784. The van der Waals surface area contributed by atoms with E-state index in [9.17, 15) is 8.42 Å². The molecule has 0 bridgehead atoms. The van der Waals surface area contributed by atoms with Crippen LogP contribution in [0.5, 0.6) is 5.75 Å². The molecule has 1 aliphatic rings. The van der Waals surface area contributed by atoms with E-state index in [1.54, 1.807) is 37.4 Å². The lowest BCUT2D eigenvalue weighted by molar-refractivity contribution is 0.356. The first kappa shape index (κ1) is 13.0. The van der Waals surface area contributed by atoms with Crippen molar-refractivity contribution in [3.05, 3.63) is 54.1 Å². The minimum atomic E-state index is -3.54. The molecule has 4 nitrogen and oxygen atoms in total. The summed E-state index contributed by atoms with van der Waals surface area (Å²) >= 11 is 0. The summed E-state index contributed by atoms with van der Waals surface area (Å²) in [4.78, 5) is 0.299. The van der Waals surface area contributed by atoms with Crippen LogP contribution in [0.25, 0.3) is 0 Å². The van der Waals surface area contributed by atoms with Gasteiger partial charge in [0.2, 0.25) is 0 Å². The zero-order valence-electron chi connectivity index (χ0n) is 11.1. The molecule has 5 heteroatoms. The van der Waals surface area contributed by atoms with Crippen LogP contribution >= 0.6 is 0 Å². The summed E-state index contributed by atoms with van der Waals surface area (Å²) in [6.45, 7) is 0.618. The quantitative estimate of drug-likeness (QED) is 0.872. The van der Waals surface area contributed by atoms with Crippen molar-refractivity contribution < 1.29 is 13.2 Å². The van der Waals surface area contributed by atoms with E-state index < -0.39 is 10.0 Å². The predicted molar refractivity (Wildman–Crippen MR) is 77.7 cm³/mol. The molecule has 0 N–H and O–H groups in total. The Morgan fingerprint density at radius 1 is 1.10 bits per heavy atom. The summed E-state index contributed by atoms with van der Waals surface area (Å²) in [5, 5.41) is 0. The van der Waals surface area contributed by atoms with Gasteiger partial charge in [0.25, 0.3) is 10.0 Å². The molecule has 2 aromatic rings. The fraction of sp³-hybridized carbons (Fsp3) is 0.200. The molecule has 1 heterocycles. The Labute approximate surface area is 118 Å². The Kier molecular flexibility index (Phi) is 3.14. The van der Waals surface area contributed by atoms with Crippen LogP contribution in [0.3, 0.4) is 0 Å². The lowest BCUT2D eigenvalue weighted by Gasteiger charge is -2.19. The number of para-hydroxylation sites is 1. The summed E-state index contributed by atoms with van der Waals surface area (Å²) in [7, 11) is -1.97. The first-order valence-corrected chi connectivity index (χ1v) is 7.83. The lowest BCUT2D eigenvalue weighted by atomic mass is 10.2. The van der Waals surface area contributed by atoms with Crippen molar-refractivity contribution in [3.63, 3.8) is 0 Å². The monoisotopic (exact) mass is 289 g/mol. The zero-order valence-corrected chi connectivity index (χ0v) is 11.9. The van der Waals surface area contributed by atoms with Crippen molar-refractivity contribution in [1.29, 1.82) is 0 Å². The molecule has 0 amide bonds. The molecule has 0 saturated carbocycles. The van der Waals surface area contributed by atoms with Crippen LogP contribution in [0.4, 0.5) is 5.69 Å². The highest BCUT2D eigenvalue weighted by molar-refractivity contribution is 7.92. The number of hydrogen-bond acceptors (Lipinski definition) is 3. The first-order chi connectivity index (χ1) is 9.59. The van der Waals surface area contributed by atoms with E-state index in [4.69, 9.17) is 4.74 Å². The molecule has 0 saturated heterocycles. The van der Waals surface area contributed by atoms with Crippen molar-refractivity contribution in [1.82, 2.24) is 0 Å². The molecule has 0 aromatic heterocycles. The number of sulfonamides is 1. The van der Waals surface area contributed by atoms with Gasteiger partial charge in [0.1, 0.15) is 5.75 Å². The summed E-state index contributed by atoms with van der Waals surface area (Å²) in [6.07, 6.45) is 0.758. The molecule has 0 unspecified atom stereocenters. The molecule has 0 spiro atoms. The van der Waals surface area contributed by atoms with Gasteiger partial charge in [-0.2, -0.15) is 0 Å². The van der Waals surface area contributed by atoms with Gasteiger partial charge in [-0.25, -0.2) is 8.42 Å². The average molecular weight is 289 g/mol. The molecule has 0 atom stereocenters. The Bertz CT molecular complexity index is 726. The SMILES string of the molecule is CN(c1ccccc1)S(=O)(=O)c1ccc2c(c1)CCO2. The molecule has 2 aromatic carbocycles. The molecule has 1 aliphatic heterocycles. The highest BCUT2D eigenvalue weighted by Gasteiger charge is 2.23. The second-order valence-corrected chi connectivity index (χ2v) is 6.65. The molecule has 0 fully saturated rings. The van der Waals surface area contributed by atoms with E-state index in [0.717, 1.165) is 17.7 Å². The molecular weight excluding hydrogens is 274 g/mol.